The second-order valence-electron chi connectivity index (χ2n) is 5.26. The SMILES string of the molecule is CC(CC(=O)O)CC(N)c1ccc2[nH]c(=O)c(=O)[nH]c2c1. The van der Waals surface area contributed by atoms with E-state index in [9.17, 15) is 14.4 Å². The van der Waals surface area contributed by atoms with Gasteiger partial charge in [-0.2, -0.15) is 0 Å². The number of nitrogens with two attached hydrogens (primary N) is 1. The summed E-state index contributed by atoms with van der Waals surface area (Å²) in [7, 11) is 0. The Balaban J connectivity index is 2.26. The second kappa shape index (κ2) is 5.92. The highest BCUT2D eigenvalue weighted by atomic mass is 16.4. The molecular formula is C14H17N3O4. The number of nitrogens with one attached hydrogen (secondary N) is 2. The minimum Gasteiger partial charge on any atom is -0.481 e. The molecule has 0 aliphatic carbocycles. The fourth-order valence-electron chi connectivity index (χ4n) is 2.31. The first-order chi connectivity index (χ1) is 9.86. The molecule has 112 valence electrons. The zero-order valence-corrected chi connectivity index (χ0v) is 11.6. The average Bonchev–Trinajstić information content (AvgIpc) is 2.38. The normalized spacial score (nSPS) is 14.0. The van der Waals surface area contributed by atoms with Gasteiger partial charge in [-0.25, -0.2) is 0 Å². The maximum absolute atomic E-state index is 11.3. The molecule has 21 heavy (non-hydrogen) atoms. The lowest BCUT2D eigenvalue weighted by Crippen LogP contribution is -2.29. The maximum atomic E-state index is 11.3. The first-order valence-electron chi connectivity index (χ1n) is 6.60. The van der Waals surface area contributed by atoms with Gasteiger partial charge in [-0.3, -0.25) is 14.4 Å². The van der Waals surface area contributed by atoms with Gasteiger partial charge in [0.15, 0.2) is 0 Å². The molecule has 0 saturated heterocycles. The molecule has 0 aliphatic rings. The van der Waals surface area contributed by atoms with E-state index in [0.717, 1.165) is 5.56 Å². The van der Waals surface area contributed by atoms with E-state index in [1.165, 1.54) is 0 Å². The van der Waals surface area contributed by atoms with Gasteiger partial charge in [-0.05, 0) is 30.0 Å². The molecule has 0 fully saturated rings. The van der Waals surface area contributed by atoms with Crippen LogP contribution in [0, 0.1) is 5.92 Å². The summed E-state index contributed by atoms with van der Waals surface area (Å²) in [6.45, 7) is 1.83. The number of carboxylic acids is 1. The summed E-state index contributed by atoms with van der Waals surface area (Å²) in [5.74, 6) is -0.905. The number of benzene rings is 1. The summed E-state index contributed by atoms with van der Waals surface area (Å²) in [6.07, 6.45) is 0.580. The van der Waals surface area contributed by atoms with Crippen molar-refractivity contribution in [3.63, 3.8) is 0 Å². The third-order valence-electron chi connectivity index (χ3n) is 3.35. The predicted octanol–water partition coefficient (Wildman–Crippen LogP) is 0.717. The molecule has 2 atom stereocenters. The van der Waals surface area contributed by atoms with Crippen LogP contribution in [0.5, 0.6) is 0 Å². The number of fused-ring (bicyclic) bond motifs is 1. The Labute approximate surface area is 119 Å². The van der Waals surface area contributed by atoms with Crippen LogP contribution < -0.4 is 16.9 Å². The van der Waals surface area contributed by atoms with Crippen LogP contribution in [0.25, 0.3) is 11.0 Å². The van der Waals surface area contributed by atoms with E-state index >= 15 is 0 Å². The minimum atomic E-state index is -0.852. The first kappa shape index (κ1) is 15.0. The topological polar surface area (TPSA) is 129 Å². The lowest BCUT2D eigenvalue weighted by Gasteiger charge is -2.16. The monoisotopic (exact) mass is 291 g/mol. The number of aliphatic carboxylic acids is 1. The zero-order valence-electron chi connectivity index (χ0n) is 11.6. The van der Waals surface area contributed by atoms with Gasteiger partial charge in [-0.15, -0.1) is 0 Å². The van der Waals surface area contributed by atoms with Gasteiger partial charge in [0.2, 0.25) is 0 Å². The first-order valence-corrected chi connectivity index (χ1v) is 6.60. The largest absolute Gasteiger partial charge is 0.481 e. The van der Waals surface area contributed by atoms with Crippen molar-refractivity contribution in [2.75, 3.05) is 0 Å². The highest BCUT2D eigenvalue weighted by molar-refractivity contribution is 5.74. The molecule has 1 heterocycles. The molecule has 2 aromatic rings. The molecular weight excluding hydrogens is 274 g/mol. The Hall–Kier alpha value is -2.41. The Morgan fingerprint density at radius 3 is 2.48 bits per heavy atom. The number of aromatic nitrogens is 2. The van der Waals surface area contributed by atoms with Gasteiger partial charge in [-0.1, -0.05) is 13.0 Å². The molecule has 1 aromatic heterocycles. The van der Waals surface area contributed by atoms with Gasteiger partial charge < -0.3 is 20.8 Å². The number of carbonyl (C=O) groups is 1. The van der Waals surface area contributed by atoms with Crippen LogP contribution in [0.4, 0.5) is 0 Å². The number of aromatic amines is 2. The van der Waals surface area contributed by atoms with E-state index in [1.54, 1.807) is 18.2 Å². The Bertz CT molecular complexity index is 778. The molecule has 0 amide bonds. The summed E-state index contributed by atoms with van der Waals surface area (Å²) in [4.78, 5) is 38.2. The van der Waals surface area contributed by atoms with Gasteiger partial charge in [0.1, 0.15) is 0 Å². The predicted molar refractivity (Wildman–Crippen MR) is 78.2 cm³/mol. The molecule has 0 spiro atoms. The lowest BCUT2D eigenvalue weighted by atomic mass is 9.94. The number of H-pyrrole nitrogens is 2. The van der Waals surface area contributed by atoms with Gasteiger partial charge in [0.05, 0.1) is 11.0 Å². The molecule has 7 nitrogen and oxygen atoms in total. The lowest BCUT2D eigenvalue weighted by molar-refractivity contribution is -0.138. The van der Waals surface area contributed by atoms with Crippen LogP contribution in [-0.4, -0.2) is 21.0 Å². The van der Waals surface area contributed by atoms with Crippen molar-refractivity contribution in [2.24, 2.45) is 11.7 Å². The van der Waals surface area contributed by atoms with Crippen LogP contribution >= 0.6 is 0 Å². The summed E-state index contributed by atoms with van der Waals surface area (Å²) in [5, 5.41) is 8.75. The number of rotatable bonds is 5. The third-order valence-corrected chi connectivity index (χ3v) is 3.35. The van der Waals surface area contributed by atoms with Crippen molar-refractivity contribution in [1.82, 2.24) is 9.97 Å². The van der Waals surface area contributed by atoms with Crippen LogP contribution in [0.2, 0.25) is 0 Å². The zero-order chi connectivity index (χ0) is 15.6. The highest BCUT2D eigenvalue weighted by Gasteiger charge is 2.14. The Morgan fingerprint density at radius 1 is 1.24 bits per heavy atom. The fourth-order valence-corrected chi connectivity index (χ4v) is 2.31. The average molecular weight is 291 g/mol. The van der Waals surface area contributed by atoms with Crippen LogP contribution in [-0.2, 0) is 4.79 Å². The number of hydrogen-bond donors (Lipinski definition) is 4. The second-order valence-corrected chi connectivity index (χ2v) is 5.26. The third kappa shape index (κ3) is 3.57. The minimum absolute atomic E-state index is 0.0529. The van der Waals surface area contributed by atoms with Gasteiger partial charge >= 0.3 is 17.1 Å². The quantitative estimate of drug-likeness (QED) is 0.603. The Kier molecular flexibility index (Phi) is 4.23. The van der Waals surface area contributed by atoms with E-state index in [-0.39, 0.29) is 18.4 Å². The highest BCUT2D eigenvalue weighted by Crippen LogP contribution is 2.22. The fraction of sp³-hybridized carbons (Fsp3) is 0.357. The smallest absolute Gasteiger partial charge is 0.314 e. The molecule has 7 heteroatoms. The van der Waals surface area contributed by atoms with Crippen molar-refractivity contribution in [3.8, 4) is 0 Å². The molecule has 0 saturated carbocycles. The Morgan fingerprint density at radius 2 is 1.86 bits per heavy atom. The number of hydrogen-bond acceptors (Lipinski definition) is 4. The standard InChI is InChI=1S/C14H17N3O4/c1-7(5-12(18)19)4-9(15)8-2-3-10-11(6-8)17-14(21)13(20)16-10/h2-3,6-7,9H,4-5,15H2,1H3,(H,16,20)(H,17,21)(H,18,19). The molecule has 0 bridgehead atoms. The molecule has 0 aliphatic heterocycles. The van der Waals surface area contributed by atoms with Crippen molar-refractivity contribution < 1.29 is 9.90 Å². The summed E-state index contributed by atoms with van der Waals surface area (Å²) in [5.41, 5.74) is 6.46. The van der Waals surface area contributed by atoms with E-state index in [0.29, 0.717) is 17.5 Å². The molecule has 2 rings (SSSR count). The molecule has 0 radical (unpaired) electrons. The van der Waals surface area contributed by atoms with E-state index in [1.807, 2.05) is 6.92 Å². The van der Waals surface area contributed by atoms with E-state index in [4.69, 9.17) is 10.8 Å². The maximum Gasteiger partial charge on any atom is 0.314 e. The van der Waals surface area contributed by atoms with Crippen LogP contribution in [0.15, 0.2) is 27.8 Å². The summed E-state index contributed by atoms with van der Waals surface area (Å²) < 4.78 is 0. The van der Waals surface area contributed by atoms with Crippen molar-refractivity contribution in [3.05, 3.63) is 44.5 Å². The van der Waals surface area contributed by atoms with E-state index < -0.39 is 17.1 Å². The van der Waals surface area contributed by atoms with Crippen molar-refractivity contribution >= 4 is 17.0 Å². The molecule has 5 N–H and O–H groups in total. The molecule has 1 aromatic carbocycles. The summed E-state index contributed by atoms with van der Waals surface area (Å²) in [6, 6.07) is 4.79. The molecule has 2 unspecified atom stereocenters. The van der Waals surface area contributed by atoms with Gasteiger partial charge in [0.25, 0.3) is 0 Å². The van der Waals surface area contributed by atoms with Crippen LogP contribution in [0.3, 0.4) is 0 Å². The van der Waals surface area contributed by atoms with Crippen LogP contribution in [0.1, 0.15) is 31.4 Å². The van der Waals surface area contributed by atoms with Crippen molar-refractivity contribution in [1.29, 1.82) is 0 Å². The summed E-state index contributed by atoms with van der Waals surface area (Å²) >= 11 is 0. The van der Waals surface area contributed by atoms with Gasteiger partial charge in [0, 0.05) is 12.5 Å². The van der Waals surface area contributed by atoms with Crippen molar-refractivity contribution in [2.45, 2.75) is 25.8 Å². The number of carboxylic acid groups (broad SMARTS) is 1. The van der Waals surface area contributed by atoms with E-state index in [2.05, 4.69) is 9.97 Å².